The normalized spacial score (nSPS) is 11.1. The summed E-state index contributed by atoms with van der Waals surface area (Å²) < 4.78 is 0. The molecule has 0 spiro atoms. The molecule has 0 heterocycles. The minimum absolute atomic E-state index is 1.14. The van der Waals surface area contributed by atoms with Gasteiger partial charge in [-0.2, -0.15) is 0 Å². The van der Waals surface area contributed by atoms with Crippen LogP contribution in [0.1, 0.15) is 0 Å². The van der Waals surface area contributed by atoms with Crippen LogP contribution in [0, 0.1) is 0 Å². The lowest BCUT2D eigenvalue weighted by Gasteiger charge is -2.04. The molecular formula is C14H9S2. The van der Waals surface area contributed by atoms with Gasteiger partial charge in [0.25, 0.3) is 0 Å². The first-order valence-corrected chi connectivity index (χ1v) is 6.84. The Kier molecular flexibility index (Phi) is 2.54. The van der Waals surface area contributed by atoms with Crippen molar-refractivity contribution in [2.75, 3.05) is 0 Å². The van der Waals surface area contributed by atoms with Gasteiger partial charge in [0.1, 0.15) is 0 Å². The van der Waals surface area contributed by atoms with E-state index >= 15 is 0 Å². The monoisotopic (exact) mass is 241 g/mol. The molecule has 0 bridgehead atoms. The minimum Gasteiger partial charge on any atom is -0.0616 e. The number of rotatable bonds is 1. The highest BCUT2D eigenvalue weighted by molar-refractivity contribution is 8.68. The molecule has 0 aromatic heterocycles. The predicted molar refractivity (Wildman–Crippen MR) is 74.9 cm³/mol. The summed E-state index contributed by atoms with van der Waals surface area (Å²) in [5.74, 6) is 0. The predicted octanol–water partition coefficient (Wildman–Crippen LogP) is 5.20. The summed E-state index contributed by atoms with van der Waals surface area (Å²) in [5, 5.41) is 5.13. The van der Waals surface area contributed by atoms with Gasteiger partial charge < -0.3 is 0 Å². The SMILES string of the molecule is [S]Sc1ccc2ccc3ccccc3c2c1. The van der Waals surface area contributed by atoms with Crippen molar-refractivity contribution in [3.05, 3.63) is 54.6 Å². The Morgan fingerprint density at radius 1 is 0.750 bits per heavy atom. The molecule has 0 N–H and O–H groups in total. The van der Waals surface area contributed by atoms with Crippen LogP contribution in [0.2, 0.25) is 0 Å². The van der Waals surface area contributed by atoms with Crippen molar-refractivity contribution in [1.29, 1.82) is 0 Å². The molecule has 1 radical (unpaired) electrons. The van der Waals surface area contributed by atoms with Crippen LogP contribution in [0.5, 0.6) is 0 Å². The van der Waals surface area contributed by atoms with Crippen LogP contribution in [0.3, 0.4) is 0 Å². The van der Waals surface area contributed by atoms with E-state index in [0.29, 0.717) is 0 Å². The number of benzene rings is 3. The van der Waals surface area contributed by atoms with E-state index in [0.717, 1.165) is 4.90 Å². The lowest BCUT2D eigenvalue weighted by Crippen LogP contribution is -1.77. The third-order valence-corrected chi connectivity index (χ3v) is 3.84. The van der Waals surface area contributed by atoms with Crippen LogP contribution in [-0.4, -0.2) is 0 Å². The molecule has 0 fully saturated rings. The van der Waals surface area contributed by atoms with Gasteiger partial charge in [-0.15, -0.1) is 0 Å². The van der Waals surface area contributed by atoms with Gasteiger partial charge in [-0.05, 0) is 56.1 Å². The standard InChI is InChI=1S/C14H9S2/c15-16-12-8-7-11-6-5-10-3-1-2-4-13(10)14(11)9-12/h1-9H. The Morgan fingerprint density at radius 2 is 1.44 bits per heavy atom. The van der Waals surface area contributed by atoms with E-state index in [2.05, 4.69) is 54.6 Å². The highest BCUT2D eigenvalue weighted by Gasteiger charge is 2.01. The van der Waals surface area contributed by atoms with Crippen molar-refractivity contribution in [2.45, 2.75) is 4.90 Å². The molecule has 0 aliphatic heterocycles. The first-order valence-electron chi connectivity index (χ1n) is 5.10. The molecule has 0 aliphatic rings. The molecule has 0 atom stereocenters. The quantitative estimate of drug-likeness (QED) is 0.417. The molecule has 3 rings (SSSR count). The van der Waals surface area contributed by atoms with Gasteiger partial charge in [0.2, 0.25) is 0 Å². The number of hydrogen-bond acceptors (Lipinski definition) is 1. The summed E-state index contributed by atoms with van der Waals surface area (Å²) in [4.78, 5) is 1.14. The topological polar surface area (TPSA) is 0 Å². The van der Waals surface area contributed by atoms with Gasteiger partial charge in [0.05, 0.1) is 0 Å². The zero-order chi connectivity index (χ0) is 11.0. The largest absolute Gasteiger partial charge is 0.0616 e. The Morgan fingerprint density at radius 3 is 2.25 bits per heavy atom. The van der Waals surface area contributed by atoms with Crippen LogP contribution < -0.4 is 0 Å². The first kappa shape index (κ1) is 10.1. The second-order valence-corrected chi connectivity index (χ2v) is 4.89. The second kappa shape index (κ2) is 4.04. The summed E-state index contributed by atoms with van der Waals surface area (Å²) in [6, 6.07) is 19.2. The molecule has 0 nitrogen and oxygen atoms in total. The Bertz CT molecular complexity index is 659. The average Bonchev–Trinajstić information content (AvgIpc) is 2.38. The van der Waals surface area contributed by atoms with Gasteiger partial charge >= 0.3 is 0 Å². The van der Waals surface area contributed by atoms with Crippen molar-refractivity contribution < 1.29 is 0 Å². The molecule has 3 aromatic carbocycles. The van der Waals surface area contributed by atoms with E-state index in [1.807, 2.05) is 0 Å². The smallest absolute Gasteiger partial charge is 0.0197 e. The maximum absolute atomic E-state index is 5.02. The fourth-order valence-electron chi connectivity index (χ4n) is 2.03. The molecule has 0 unspecified atom stereocenters. The highest BCUT2D eigenvalue weighted by atomic mass is 33.1. The van der Waals surface area contributed by atoms with E-state index in [1.54, 1.807) is 0 Å². The molecule has 0 saturated heterocycles. The third kappa shape index (κ3) is 1.58. The molecule has 3 aromatic rings. The molecular weight excluding hydrogens is 232 g/mol. The maximum atomic E-state index is 5.02. The number of hydrogen-bond donors (Lipinski definition) is 0. The molecule has 0 amide bonds. The van der Waals surface area contributed by atoms with Crippen molar-refractivity contribution in [1.82, 2.24) is 0 Å². The lowest BCUT2D eigenvalue weighted by molar-refractivity contribution is 1.53. The van der Waals surface area contributed by atoms with E-state index < -0.39 is 0 Å². The summed E-state index contributed by atoms with van der Waals surface area (Å²) in [7, 11) is 1.38. The number of fused-ring (bicyclic) bond motifs is 3. The van der Waals surface area contributed by atoms with Crippen LogP contribution in [0.15, 0.2) is 59.5 Å². The van der Waals surface area contributed by atoms with Gasteiger partial charge in [-0.1, -0.05) is 42.5 Å². The van der Waals surface area contributed by atoms with Crippen molar-refractivity contribution >= 4 is 44.0 Å². The van der Waals surface area contributed by atoms with Gasteiger partial charge in [-0.3, -0.25) is 0 Å². The minimum atomic E-state index is 1.14. The fourth-order valence-corrected chi connectivity index (χ4v) is 2.63. The molecule has 77 valence electrons. The van der Waals surface area contributed by atoms with Gasteiger partial charge in [0.15, 0.2) is 0 Å². The summed E-state index contributed by atoms with van der Waals surface area (Å²) in [6.45, 7) is 0. The Balaban J connectivity index is 2.47. The van der Waals surface area contributed by atoms with E-state index in [4.69, 9.17) is 11.7 Å². The average molecular weight is 241 g/mol. The highest BCUT2D eigenvalue weighted by Crippen LogP contribution is 2.30. The Labute approximate surface area is 103 Å². The van der Waals surface area contributed by atoms with E-state index in [1.165, 1.54) is 32.3 Å². The Hall–Kier alpha value is -1.12. The summed E-state index contributed by atoms with van der Waals surface area (Å²) >= 11 is 5.02. The zero-order valence-corrected chi connectivity index (χ0v) is 10.1. The van der Waals surface area contributed by atoms with Crippen molar-refractivity contribution in [3.63, 3.8) is 0 Å². The maximum Gasteiger partial charge on any atom is 0.0197 e. The van der Waals surface area contributed by atoms with E-state index in [9.17, 15) is 0 Å². The van der Waals surface area contributed by atoms with Crippen LogP contribution >= 0.6 is 22.5 Å². The lowest BCUT2D eigenvalue weighted by atomic mass is 10.0. The first-order chi connectivity index (χ1) is 7.88. The van der Waals surface area contributed by atoms with Crippen LogP contribution in [-0.2, 0) is 0 Å². The van der Waals surface area contributed by atoms with Crippen LogP contribution in [0.4, 0.5) is 0 Å². The second-order valence-electron chi connectivity index (χ2n) is 3.75. The fraction of sp³-hybridized carbons (Fsp3) is 0. The van der Waals surface area contributed by atoms with E-state index in [-0.39, 0.29) is 0 Å². The molecule has 0 saturated carbocycles. The molecule has 16 heavy (non-hydrogen) atoms. The van der Waals surface area contributed by atoms with Crippen molar-refractivity contribution in [3.8, 4) is 0 Å². The summed E-state index contributed by atoms with van der Waals surface area (Å²) in [6.07, 6.45) is 0. The van der Waals surface area contributed by atoms with Gasteiger partial charge in [0, 0.05) is 4.90 Å². The summed E-state index contributed by atoms with van der Waals surface area (Å²) in [5.41, 5.74) is 0. The third-order valence-electron chi connectivity index (χ3n) is 2.81. The van der Waals surface area contributed by atoms with Crippen molar-refractivity contribution in [2.24, 2.45) is 0 Å². The van der Waals surface area contributed by atoms with Crippen LogP contribution in [0.25, 0.3) is 21.5 Å². The molecule has 0 aliphatic carbocycles. The van der Waals surface area contributed by atoms with Gasteiger partial charge in [-0.25, -0.2) is 0 Å². The zero-order valence-electron chi connectivity index (χ0n) is 8.51. The molecule has 2 heteroatoms.